The second-order valence-electron chi connectivity index (χ2n) is 17.0. The van der Waals surface area contributed by atoms with Gasteiger partial charge in [0.25, 0.3) is 0 Å². The third-order valence-corrected chi connectivity index (χ3v) is 16.3. The number of carbonyl (C=O) groups is 2. The maximum Gasteiger partial charge on any atom is 0.350 e. The lowest BCUT2D eigenvalue weighted by molar-refractivity contribution is -0.138. The lowest BCUT2D eigenvalue weighted by atomic mass is 9.95. The Hall–Kier alpha value is -3.28. The zero-order valence-corrected chi connectivity index (χ0v) is 41.4. The monoisotopic (exact) mass is 916 g/mol. The average Bonchev–Trinajstić information content (AvgIpc) is 4.04. The molecule has 4 heterocycles. The lowest BCUT2D eigenvalue weighted by Gasteiger charge is -2.17. The van der Waals surface area contributed by atoms with Gasteiger partial charge in [0, 0.05) is 27.9 Å². The molecule has 0 aliphatic carbocycles. The molecule has 0 bridgehead atoms. The molecule has 0 saturated carbocycles. The number of nitriles is 2. The van der Waals surface area contributed by atoms with Gasteiger partial charge >= 0.3 is 11.9 Å². The minimum Gasteiger partial charge on any atom is -0.461 e. The summed E-state index contributed by atoms with van der Waals surface area (Å²) in [6, 6.07) is 12.4. The SMILES string of the molecule is CCCCCCCCC(CCCCCC)COC(=O)/C(C#N)=c1/cc2s/c(=C\C=c3\cc4s/c(=C(\C#N)C(=O)OCC(CCCCCC)CCCCCCCC)cc4s3)cc2s1. The highest BCUT2D eigenvalue weighted by Gasteiger charge is 2.19. The van der Waals surface area contributed by atoms with E-state index >= 15 is 0 Å². The molecule has 0 amide bonds. The molecule has 338 valence electrons. The van der Waals surface area contributed by atoms with Gasteiger partial charge < -0.3 is 9.47 Å². The number of rotatable bonds is 31. The Morgan fingerprint density at radius 2 is 0.790 bits per heavy atom. The van der Waals surface area contributed by atoms with Crippen LogP contribution in [0.5, 0.6) is 0 Å². The van der Waals surface area contributed by atoms with Crippen molar-refractivity contribution < 1.29 is 19.1 Å². The van der Waals surface area contributed by atoms with Crippen LogP contribution in [0.4, 0.5) is 0 Å². The predicted molar refractivity (Wildman–Crippen MR) is 267 cm³/mol. The Kier molecular flexibility index (Phi) is 24.8. The van der Waals surface area contributed by atoms with E-state index in [-0.39, 0.29) is 11.1 Å². The van der Waals surface area contributed by atoms with Gasteiger partial charge in [0.05, 0.1) is 22.3 Å². The molecular weight excluding hydrogens is 845 g/mol. The van der Waals surface area contributed by atoms with Crippen LogP contribution in [-0.2, 0) is 19.1 Å². The number of thiophene rings is 4. The van der Waals surface area contributed by atoms with Crippen LogP contribution in [0.2, 0.25) is 0 Å². The van der Waals surface area contributed by atoms with Crippen LogP contribution in [-0.4, -0.2) is 25.2 Å². The van der Waals surface area contributed by atoms with Crippen molar-refractivity contribution in [1.82, 2.24) is 0 Å². The fraction of sp³-hybridized carbons (Fsp3) is 0.615. The zero-order chi connectivity index (χ0) is 44.4. The van der Waals surface area contributed by atoms with Crippen LogP contribution < -0.4 is 18.1 Å². The number of esters is 2. The van der Waals surface area contributed by atoms with Crippen molar-refractivity contribution in [2.75, 3.05) is 13.2 Å². The standard InChI is InChI=1S/C52H72N2O4S4/c1-5-9-13-17-19-23-27-39(25-21-15-11-7-3)37-57-51(55)43(35-53)45-33-49-47(61-45)31-41(59-49)29-30-42-32-48-50(60-42)34-46(62-48)44(36-54)52(56)58-38-40(26-22-16-12-8-4)28-24-20-18-14-10-6-2/h29-34,39-40H,5-28,37-38H2,1-4H3/b41-29-,42-30-,45-43-,46-44+. The van der Waals surface area contributed by atoms with E-state index in [1.54, 1.807) is 22.7 Å². The van der Waals surface area contributed by atoms with Gasteiger partial charge in [-0.15, -0.1) is 45.3 Å². The largest absolute Gasteiger partial charge is 0.461 e. The number of nitrogens with zero attached hydrogens (tertiary/aromatic N) is 2. The molecule has 0 radical (unpaired) electrons. The molecule has 0 aliphatic rings. The molecule has 2 unspecified atom stereocenters. The van der Waals surface area contributed by atoms with E-state index in [0.29, 0.717) is 34.1 Å². The summed E-state index contributed by atoms with van der Waals surface area (Å²) in [5.74, 6) is -0.344. The third kappa shape index (κ3) is 17.7. The first-order valence-corrected chi connectivity index (χ1v) is 27.2. The number of hydrogen-bond donors (Lipinski definition) is 0. The average molecular weight is 917 g/mol. The summed E-state index contributed by atoms with van der Waals surface area (Å²) < 4.78 is 19.3. The van der Waals surface area contributed by atoms with E-state index in [9.17, 15) is 20.1 Å². The van der Waals surface area contributed by atoms with Crippen molar-refractivity contribution in [3.8, 4) is 12.1 Å². The molecule has 6 nitrogen and oxygen atoms in total. The molecule has 4 aromatic rings. The fourth-order valence-corrected chi connectivity index (χ4v) is 12.6. The summed E-state index contributed by atoms with van der Waals surface area (Å²) in [4.78, 5) is 26.5. The van der Waals surface area contributed by atoms with Crippen molar-refractivity contribution in [3.05, 3.63) is 42.4 Å². The Bertz CT molecular complexity index is 2040. The third-order valence-electron chi connectivity index (χ3n) is 11.8. The van der Waals surface area contributed by atoms with E-state index in [1.807, 2.05) is 12.1 Å². The number of ether oxygens (including phenoxy) is 2. The normalized spacial score (nSPS) is 14.2. The summed E-state index contributed by atoms with van der Waals surface area (Å²) in [5.41, 5.74) is 0.182. The van der Waals surface area contributed by atoms with Gasteiger partial charge in [-0.1, -0.05) is 156 Å². The minimum atomic E-state index is -0.513. The van der Waals surface area contributed by atoms with Gasteiger partial charge in [-0.05, 0) is 73.9 Å². The Labute approximate surface area is 388 Å². The first-order chi connectivity index (χ1) is 30.3. The molecule has 2 atom stereocenters. The van der Waals surface area contributed by atoms with Gasteiger partial charge in [0.1, 0.15) is 12.1 Å². The van der Waals surface area contributed by atoms with E-state index in [1.165, 1.54) is 125 Å². The lowest BCUT2D eigenvalue weighted by Crippen LogP contribution is -2.18. The molecule has 0 aliphatic heterocycles. The van der Waals surface area contributed by atoms with Crippen molar-refractivity contribution >= 4 is 99.4 Å². The van der Waals surface area contributed by atoms with Gasteiger partial charge in [0.2, 0.25) is 0 Å². The minimum absolute atomic E-state index is 0.0911. The molecular formula is C52H72N2O4S4. The van der Waals surface area contributed by atoms with Gasteiger partial charge in [-0.25, -0.2) is 9.59 Å². The molecule has 0 aromatic carbocycles. The highest BCUT2D eigenvalue weighted by molar-refractivity contribution is 7.26. The van der Waals surface area contributed by atoms with E-state index in [4.69, 9.17) is 9.47 Å². The fourth-order valence-electron chi connectivity index (χ4n) is 7.99. The predicted octanol–water partition coefficient (Wildman–Crippen LogP) is 13.6. The van der Waals surface area contributed by atoms with Crippen molar-refractivity contribution in [2.45, 2.75) is 182 Å². The number of unbranched alkanes of at least 4 members (excludes halogenated alkanes) is 16. The number of hydrogen-bond acceptors (Lipinski definition) is 10. The summed E-state index contributed by atoms with van der Waals surface area (Å²) in [7, 11) is 0. The zero-order valence-electron chi connectivity index (χ0n) is 38.2. The molecule has 0 spiro atoms. The molecule has 0 saturated heterocycles. The van der Waals surface area contributed by atoms with Crippen LogP contribution in [0.25, 0.3) is 42.1 Å². The maximum absolute atomic E-state index is 13.2. The highest BCUT2D eigenvalue weighted by Crippen LogP contribution is 2.24. The Balaban J connectivity index is 1.40. The summed E-state index contributed by atoms with van der Waals surface area (Å²) in [5, 5.41) is 20.1. The van der Waals surface area contributed by atoms with Crippen LogP contribution >= 0.6 is 45.3 Å². The van der Waals surface area contributed by atoms with Gasteiger partial charge in [-0.3, -0.25) is 0 Å². The van der Waals surface area contributed by atoms with Gasteiger partial charge in [-0.2, -0.15) is 10.5 Å². The van der Waals surface area contributed by atoms with Crippen molar-refractivity contribution in [1.29, 1.82) is 10.5 Å². The van der Waals surface area contributed by atoms with E-state index < -0.39 is 11.9 Å². The van der Waals surface area contributed by atoms with Crippen LogP contribution in [0.1, 0.15) is 182 Å². The van der Waals surface area contributed by atoms with E-state index in [0.717, 1.165) is 79.2 Å². The summed E-state index contributed by atoms with van der Waals surface area (Å²) >= 11 is 6.19. The van der Waals surface area contributed by atoms with Crippen molar-refractivity contribution in [3.63, 3.8) is 0 Å². The highest BCUT2D eigenvalue weighted by atomic mass is 32.1. The van der Waals surface area contributed by atoms with Crippen molar-refractivity contribution in [2.24, 2.45) is 11.8 Å². The molecule has 10 heteroatoms. The van der Waals surface area contributed by atoms with Gasteiger partial charge in [0.15, 0.2) is 11.1 Å². The maximum atomic E-state index is 13.2. The molecule has 62 heavy (non-hydrogen) atoms. The van der Waals surface area contributed by atoms with E-state index in [2.05, 4.69) is 64.1 Å². The molecule has 0 fully saturated rings. The quantitative estimate of drug-likeness (QED) is 0.0368. The topological polar surface area (TPSA) is 100 Å². The number of fused-ring (bicyclic) bond motifs is 2. The summed E-state index contributed by atoms with van der Waals surface area (Å²) in [6.07, 6.45) is 33.1. The molecule has 0 N–H and O–H groups in total. The van der Waals surface area contributed by atoms with Crippen LogP contribution in [0.3, 0.4) is 0 Å². The van der Waals surface area contributed by atoms with Crippen LogP contribution in [0, 0.1) is 34.5 Å². The smallest absolute Gasteiger partial charge is 0.350 e. The Morgan fingerprint density at radius 1 is 0.484 bits per heavy atom. The molecule has 4 rings (SSSR count). The number of carbonyl (C=O) groups excluding carboxylic acids is 2. The summed E-state index contributed by atoms with van der Waals surface area (Å²) in [6.45, 7) is 9.69. The first-order valence-electron chi connectivity index (χ1n) is 24.0. The second kappa shape index (κ2) is 30.0. The second-order valence-corrected chi connectivity index (χ2v) is 21.4. The Morgan fingerprint density at radius 3 is 1.11 bits per heavy atom. The first kappa shape index (κ1) is 51.4. The molecule has 4 aromatic heterocycles. The van der Waals surface area contributed by atoms with Crippen LogP contribution in [0.15, 0.2) is 24.3 Å².